The molecule has 0 bridgehead atoms. The lowest BCUT2D eigenvalue weighted by atomic mass is 10.2. The molecular weight excluding hydrogens is 314 g/mol. The largest absolute Gasteiger partial charge is 0.379 e. The predicted molar refractivity (Wildman–Crippen MR) is 102 cm³/mol. The average molecular weight is 345 g/mol. The molecule has 1 N–H and O–H groups in total. The minimum Gasteiger partial charge on any atom is -0.379 e. The fourth-order valence-electron chi connectivity index (χ4n) is 3.10. The van der Waals surface area contributed by atoms with Gasteiger partial charge in [-0.05, 0) is 49.3 Å². The molecule has 2 fully saturated rings. The molecule has 0 spiro atoms. The summed E-state index contributed by atoms with van der Waals surface area (Å²) < 4.78 is 5.72. The van der Waals surface area contributed by atoms with Gasteiger partial charge in [0.25, 0.3) is 0 Å². The lowest BCUT2D eigenvalue weighted by Gasteiger charge is -2.22. The second-order valence-corrected chi connectivity index (χ2v) is 7.06. The molecule has 1 aromatic rings. The number of hydrogen-bond acceptors (Lipinski definition) is 4. The zero-order valence-corrected chi connectivity index (χ0v) is 15.6. The van der Waals surface area contributed by atoms with Gasteiger partial charge in [-0.3, -0.25) is 4.99 Å². The molecule has 6 heteroatoms. The molecule has 138 valence electrons. The van der Waals surface area contributed by atoms with Crippen molar-refractivity contribution in [3.05, 3.63) is 23.9 Å². The van der Waals surface area contributed by atoms with E-state index in [2.05, 4.69) is 44.3 Å². The highest BCUT2D eigenvalue weighted by Gasteiger charge is 2.21. The number of aromatic nitrogens is 1. The molecule has 0 aromatic carbocycles. The normalized spacial score (nSPS) is 17.8. The number of ether oxygens (including phenoxy) is 1. The highest BCUT2D eigenvalue weighted by molar-refractivity contribution is 5.79. The van der Waals surface area contributed by atoms with Crippen LogP contribution in [0.4, 0.5) is 5.82 Å². The summed E-state index contributed by atoms with van der Waals surface area (Å²) >= 11 is 0. The number of guanidine groups is 1. The van der Waals surface area contributed by atoms with Crippen LogP contribution in [-0.2, 0) is 11.3 Å². The van der Waals surface area contributed by atoms with Crippen LogP contribution in [0, 0.1) is 5.92 Å². The summed E-state index contributed by atoms with van der Waals surface area (Å²) in [4.78, 5) is 13.4. The number of likely N-dealkylation sites (N-methyl/N-ethyl adjacent to an activating group) is 1. The summed E-state index contributed by atoms with van der Waals surface area (Å²) in [7, 11) is 3.88. The van der Waals surface area contributed by atoms with Crippen LogP contribution in [0.25, 0.3) is 0 Å². The number of aliphatic imine (C=N–C) groups is 1. The lowest BCUT2D eigenvalue weighted by molar-refractivity contribution is 0.115. The van der Waals surface area contributed by atoms with E-state index in [0.29, 0.717) is 0 Å². The summed E-state index contributed by atoms with van der Waals surface area (Å²) in [5.41, 5.74) is 1.23. The lowest BCUT2D eigenvalue weighted by Crippen LogP contribution is -2.40. The van der Waals surface area contributed by atoms with Crippen molar-refractivity contribution in [2.24, 2.45) is 10.9 Å². The highest BCUT2D eigenvalue weighted by Crippen LogP contribution is 2.28. The van der Waals surface area contributed by atoms with Crippen LogP contribution in [0.2, 0.25) is 0 Å². The Morgan fingerprint density at radius 1 is 1.40 bits per heavy atom. The van der Waals surface area contributed by atoms with Crippen LogP contribution >= 0.6 is 0 Å². The number of hydrogen-bond donors (Lipinski definition) is 1. The van der Waals surface area contributed by atoms with Gasteiger partial charge in [0.05, 0.1) is 6.61 Å². The summed E-state index contributed by atoms with van der Waals surface area (Å²) in [5, 5.41) is 3.44. The first kappa shape index (κ1) is 18.0. The van der Waals surface area contributed by atoms with Gasteiger partial charge < -0.3 is 19.9 Å². The number of nitrogens with zero attached hydrogens (tertiary/aromatic N) is 4. The monoisotopic (exact) mass is 345 g/mol. The molecular formula is C19H31N5O. The summed E-state index contributed by atoms with van der Waals surface area (Å²) in [6, 6.07) is 4.25. The Hall–Kier alpha value is -1.82. The van der Waals surface area contributed by atoms with Crippen LogP contribution < -0.4 is 10.2 Å². The van der Waals surface area contributed by atoms with E-state index in [4.69, 9.17) is 4.74 Å². The molecule has 0 unspecified atom stereocenters. The average Bonchev–Trinajstić information content (AvgIpc) is 3.29. The number of anilines is 1. The molecule has 2 heterocycles. The van der Waals surface area contributed by atoms with Crippen LogP contribution in [0.1, 0.15) is 31.2 Å². The van der Waals surface area contributed by atoms with E-state index in [0.717, 1.165) is 57.1 Å². The van der Waals surface area contributed by atoms with Crippen LogP contribution in [-0.4, -0.2) is 62.8 Å². The molecule has 25 heavy (non-hydrogen) atoms. The Morgan fingerprint density at radius 2 is 2.20 bits per heavy atom. The van der Waals surface area contributed by atoms with Gasteiger partial charge in [-0.1, -0.05) is 0 Å². The Morgan fingerprint density at radius 3 is 2.92 bits per heavy atom. The number of rotatable bonds is 8. The maximum atomic E-state index is 5.72. The van der Waals surface area contributed by atoms with Gasteiger partial charge in [0, 0.05) is 53.1 Å². The van der Waals surface area contributed by atoms with Crippen molar-refractivity contribution < 1.29 is 4.74 Å². The van der Waals surface area contributed by atoms with Crippen molar-refractivity contribution >= 4 is 11.8 Å². The first-order chi connectivity index (χ1) is 12.3. The number of pyridine rings is 1. The van der Waals surface area contributed by atoms with Crippen LogP contribution in [0.15, 0.2) is 23.3 Å². The molecule has 0 atom stereocenters. The van der Waals surface area contributed by atoms with Crippen molar-refractivity contribution in [3.63, 3.8) is 0 Å². The number of nitrogens with one attached hydrogen (secondary N) is 1. The maximum Gasteiger partial charge on any atom is 0.193 e. The van der Waals surface area contributed by atoms with Crippen LogP contribution in [0.5, 0.6) is 0 Å². The molecule has 2 aliphatic rings. The zero-order chi connectivity index (χ0) is 17.5. The molecule has 1 aliphatic heterocycles. The van der Waals surface area contributed by atoms with E-state index in [1.54, 1.807) is 0 Å². The Bertz CT molecular complexity index is 567. The van der Waals surface area contributed by atoms with Gasteiger partial charge in [0.2, 0.25) is 0 Å². The molecule has 1 saturated carbocycles. The molecule has 6 nitrogen and oxygen atoms in total. The second-order valence-electron chi connectivity index (χ2n) is 7.06. The highest BCUT2D eigenvalue weighted by atomic mass is 16.5. The molecule has 1 aliphatic carbocycles. The maximum absolute atomic E-state index is 5.72. The molecule has 0 radical (unpaired) electrons. The Kier molecular flexibility index (Phi) is 6.50. The van der Waals surface area contributed by atoms with Gasteiger partial charge in [0.15, 0.2) is 5.96 Å². The molecule has 0 amide bonds. The standard InChI is InChI=1S/C19H31N5O/c1-20-19(23(2)11-12-25-15-16-5-6-16)22-14-17-7-8-21-18(13-17)24-9-3-4-10-24/h7-8,13,16H,3-6,9-12,14-15H2,1-2H3,(H,20,22). The molecule has 1 saturated heterocycles. The third kappa shape index (κ3) is 5.59. The minimum atomic E-state index is 0.752. The topological polar surface area (TPSA) is 53.0 Å². The van der Waals surface area contributed by atoms with Gasteiger partial charge in [-0.2, -0.15) is 0 Å². The van der Waals surface area contributed by atoms with Crippen molar-refractivity contribution in [2.75, 3.05) is 51.8 Å². The van der Waals surface area contributed by atoms with E-state index in [-0.39, 0.29) is 0 Å². The van der Waals surface area contributed by atoms with Gasteiger partial charge >= 0.3 is 0 Å². The fraction of sp³-hybridized carbons (Fsp3) is 0.684. The second kappa shape index (κ2) is 9.04. The third-order valence-electron chi connectivity index (χ3n) is 4.89. The van der Waals surface area contributed by atoms with E-state index >= 15 is 0 Å². The van der Waals surface area contributed by atoms with E-state index in [1.807, 2.05) is 13.2 Å². The molecule has 3 rings (SSSR count). The minimum absolute atomic E-state index is 0.752. The van der Waals surface area contributed by atoms with Crippen LogP contribution in [0.3, 0.4) is 0 Å². The van der Waals surface area contributed by atoms with E-state index < -0.39 is 0 Å². The van der Waals surface area contributed by atoms with E-state index in [9.17, 15) is 0 Å². The summed E-state index contributed by atoms with van der Waals surface area (Å²) in [6.07, 6.45) is 7.12. The SMILES string of the molecule is CN=C(NCc1ccnc(N2CCCC2)c1)N(C)CCOCC1CC1. The predicted octanol–water partition coefficient (Wildman–Crippen LogP) is 2.12. The first-order valence-electron chi connectivity index (χ1n) is 9.45. The summed E-state index contributed by atoms with van der Waals surface area (Å²) in [6.45, 7) is 5.51. The Labute approximate surface area is 151 Å². The van der Waals surface area contributed by atoms with Crippen molar-refractivity contribution in [3.8, 4) is 0 Å². The van der Waals surface area contributed by atoms with Gasteiger partial charge in [-0.15, -0.1) is 0 Å². The van der Waals surface area contributed by atoms with Gasteiger partial charge in [0.1, 0.15) is 5.82 Å². The zero-order valence-electron chi connectivity index (χ0n) is 15.6. The van der Waals surface area contributed by atoms with Crippen molar-refractivity contribution in [1.29, 1.82) is 0 Å². The van der Waals surface area contributed by atoms with E-state index in [1.165, 1.54) is 31.2 Å². The fourth-order valence-corrected chi connectivity index (χ4v) is 3.10. The Balaban J connectivity index is 1.44. The van der Waals surface area contributed by atoms with Crippen molar-refractivity contribution in [1.82, 2.24) is 15.2 Å². The van der Waals surface area contributed by atoms with Gasteiger partial charge in [-0.25, -0.2) is 4.98 Å². The third-order valence-corrected chi connectivity index (χ3v) is 4.89. The molecule has 1 aromatic heterocycles. The smallest absolute Gasteiger partial charge is 0.193 e. The first-order valence-corrected chi connectivity index (χ1v) is 9.45. The van der Waals surface area contributed by atoms with Crippen molar-refractivity contribution in [2.45, 2.75) is 32.2 Å². The summed E-state index contributed by atoms with van der Waals surface area (Å²) in [5.74, 6) is 2.81. The quantitative estimate of drug-likeness (QED) is 0.444.